The Morgan fingerprint density at radius 2 is 1.62 bits per heavy atom. The third-order valence-corrected chi connectivity index (χ3v) is 5.23. The zero-order valence-corrected chi connectivity index (χ0v) is 17.5. The minimum Gasteiger partial charge on any atom is -0.383 e. The van der Waals surface area contributed by atoms with Gasteiger partial charge in [-0.1, -0.05) is 6.92 Å². The van der Waals surface area contributed by atoms with E-state index in [-0.39, 0.29) is 43.2 Å². The van der Waals surface area contributed by atoms with Gasteiger partial charge in [0.1, 0.15) is 6.04 Å². The molecule has 0 aromatic heterocycles. The summed E-state index contributed by atoms with van der Waals surface area (Å²) < 4.78 is 4.95. The normalized spacial score (nSPS) is 20.1. The highest BCUT2D eigenvalue weighted by molar-refractivity contribution is 5.85. The molecule has 2 heterocycles. The van der Waals surface area contributed by atoms with E-state index in [9.17, 15) is 9.59 Å². The third kappa shape index (κ3) is 7.19. The fraction of sp³-hybridized carbons (Fsp3) is 0.882. The van der Waals surface area contributed by atoms with Gasteiger partial charge < -0.3 is 25.2 Å². The molecule has 0 radical (unpaired) electrons. The van der Waals surface area contributed by atoms with E-state index in [0.717, 1.165) is 45.6 Å². The molecule has 2 saturated heterocycles. The van der Waals surface area contributed by atoms with Gasteiger partial charge in [0.2, 0.25) is 11.8 Å². The molecule has 7 nitrogen and oxygen atoms in total. The monoisotopic (exact) mass is 412 g/mol. The van der Waals surface area contributed by atoms with Crippen LogP contribution in [0.5, 0.6) is 0 Å². The van der Waals surface area contributed by atoms with E-state index in [1.54, 1.807) is 7.11 Å². The number of ether oxygens (including phenoxy) is 1. The van der Waals surface area contributed by atoms with Gasteiger partial charge in [-0.2, -0.15) is 0 Å². The van der Waals surface area contributed by atoms with Crippen LogP contribution < -0.4 is 5.73 Å². The number of likely N-dealkylation sites (tertiary alicyclic amines) is 1. The molecule has 0 aliphatic carbocycles. The maximum absolute atomic E-state index is 12.5. The highest BCUT2D eigenvalue weighted by Crippen LogP contribution is 2.22. The molecule has 0 aromatic rings. The first kappa shape index (κ1) is 25.4. The van der Waals surface area contributed by atoms with Gasteiger partial charge in [-0.25, -0.2) is 0 Å². The smallest absolute Gasteiger partial charge is 0.241 e. The molecule has 1 unspecified atom stereocenters. The number of carbonyl (C=O) groups is 2. The van der Waals surface area contributed by atoms with E-state index in [0.29, 0.717) is 25.4 Å². The van der Waals surface area contributed by atoms with Crippen LogP contribution >= 0.6 is 24.8 Å². The van der Waals surface area contributed by atoms with Crippen LogP contribution in [0.4, 0.5) is 0 Å². The molecule has 2 rings (SSSR count). The summed E-state index contributed by atoms with van der Waals surface area (Å²) in [7, 11) is 1.55. The van der Waals surface area contributed by atoms with Crippen LogP contribution in [0, 0.1) is 5.92 Å². The molecule has 0 saturated carbocycles. The maximum Gasteiger partial charge on any atom is 0.241 e. The van der Waals surface area contributed by atoms with Gasteiger partial charge in [-0.15, -0.1) is 24.8 Å². The number of carbonyl (C=O) groups excluding carboxylic acids is 2. The van der Waals surface area contributed by atoms with E-state index in [4.69, 9.17) is 10.5 Å². The topological polar surface area (TPSA) is 79.1 Å². The first-order valence-corrected chi connectivity index (χ1v) is 9.08. The summed E-state index contributed by atoms with van der Waals surface area (Å²) in [6.07, 6.45) is 2.37. The van der Waals surface area contributed by atoms with E-state index in [2.05, 4.69) is 11.8 Å². The van der Waals surface area contributed by atoms with E-state index in [1.165, 1.54) is 0 Å². The van der Waals surface area contributed by atoms with Gasteiger partial charge >= 0.3 is 0 Å². The summed E-state index contributed by atoms with van der Waals surface area (Å²) >= 11 is 0. The summed E-state index contributed by atoms with van der Waals surface area (Å²) in [5, 5.41) is 0. The molecule has 0 bridgehead atoms. The molecule has 2 aliphatic heterocycles. The van der Waals surface area contributed by atoms with Crippen molar-refractivity contribution in [2.45, 2.75) is 32.2 Å². The van der Waals surface area contributed by atoms with Gasteiger partial charge in [0.25, 0.3) is 0 Å². The molecule has 0 aromatic carbocycles. The minimum absolute atomic E-state index is 0. The third-order valence-electron chi connectivity index (χ3n) is 5.23. The van der Waals surface area contributed by atoms with Gasteiger partial charge in [0.05, 0.1) is 6.61 Å². The summed E-state index contributed by atoms with van der Waals surface area (Å²) in [4.78, 5) is 30.8. The van der Waals surface area contributed by atoms with Gasteiger partial charge in [0, 0.05) is 52.8 Å². The number of nitrogens with zero attached hydrogens (tertiary/aromatic N) is 3. The Hall–Kier alpha value is -0.600. The van der Waals surface area contributed by atoms with Crippen molar-refractivity contribution in [1.29, 1.82) is 0 Å². The second-order valence-electron chi connectivity index (χ2n) is 6.85. The number of halogens is 2. The summed E-state index contributed by atoms with van der Waals surface area (Å²) in [5.41, 5.74) is 5.81. The number of amides is 2. The second-order valence-corrected chi connectivity index (χ2v) is 6.85. The molecule has 2 fully saturated rings. The lowest BCUT2D eigenvalue weighted by Crippen LogP contribution is -2.50. The number of rotatable bonds is 6. The van der Waals surface area contributed by atoms with Gasteiger partial charge in [-0.05, 0) is 25.3 Å². The molecule has 154 valence electrons. The van der Waals surface area contributed by atoms with Gasteiger partial charge in [-0.3, -0.25) is 9.59 Å². The standard InChI is InChI=1S/C17H32N4O3.2ClH/c1-3-19-8-10-20(11-9-19)16(22)12-14-4-6-21(7-5-14)17(23)15(18)13-24-2;;/h14-15H,3-13,18H2,1-2H3;2*1H. The van der Waals surface area contributed by atoms with Crippen LogP contribution in [-0.4, -0.2) is 92.1 Å². The number of hydrogen-bond donors (Lipinski definition) is 1. The summed E-state index contributed by atoms with van der Waals surface area (Å²) in [6.45, 7) is 8.49. The number of hydrogen-bond acceptors (Lipinski definition) is 5. The SMILES string of the molecule is CCN1CCN(C(=O)CC2CCN(C(=O)C(N)COC)CC2)CC1.Cl.Cl. The summed E-state index contributed by atoms with van der Waals surface area (Å²) in [5.74, 6) is 0.605. The maximum atomic E-state index is 12.5. The zero-order valence-electron chi connectivity index (χ0n) is 15.9. The van der Waals surface area contributed by atoms with Crippen molar-refractivity contribution in [1.82, 2.24) is 14.7 Å². The van der Waals surface area contributed by atoms with Crippen molar-refractivity contribution < 1.29 is 14.3 Å². The first-order valence-electron chi connectivity index (χ1n) is 9.08. The van der Waals surface area contributed by atoms with Crippen LogP contribution in [0.2, 0.25) is 0 Å². The van der Waals surface area contributed by atoms with E-state index >= 15 is 0 Å². The largest absolute Gasteiger partial charge is 0.383 e. The van der Waals surface area contributed by atoms with Crippen molar-refractivity contribution in [3.63, 3.8) is 0 Å². The van der Waals surface area contributed by atoms with E-state index < -0.39 is 6.04 Å². The predicted molar refractivity (Wildman–Crippen MR) is 107 cm³/mol. The fourth-order valence-electron chi connectivity index (χ4n) is 3.53. The Kier molecular flexibility index (Phi) is 12.4. The Morgan fingerprint density at radius 1 is 1.04 bits per heavy atom. The number of piperazine rings is 1. The summed E-state index contributed by atoms with van der Waals surface area (Å²) in [6, 6.07) is -0.581. The molecular formula is C17H34Cl2N4O3. The van der Waals surface area contributed by atoms with Crippen LogP contribution in [-0.2, 0) is 14.3 Å². The van der Waals surface area contributed by atoms with Crippen molar-refractivity contribution in [3.05, 3.63) is 0 Å². The van der Waals surface area contributed by atoms with Crippen molar-refractivity contribution in [2.24, 2.45) is 11.7 Å². The quantitative estimate of drug-likeness (QED) is 0.690. The predicted octanol–water partition coefficient (Wildman–Crippen LogP) is 0.597. The number of nitrogens with two attached hydrogens (primary N) is 1. The number of piperidine rings is 1. The highest BCUT2D eigenvalue weighted by Gasteiger charge is 2.29. The Balaban J connectivity index is 0.00000312. The molecule has 2 amide bonds. The van der Waals surface area contributed by atoms with Crippen LogP contribution in [0.15, 0.2) is 0 Å². The van der Waals surface area contributed by atoms with Crippen LogP contribution in [0.1, 0.15) is 26.2 Å². The first-order chi connectivity index (χ1) is 11.5. The number of methoxy groups -OCH3 is 1. The Bertz CT molecular complexity index is 426. The fourth-order valence-corrected chi connectivity index (χ4v) is 3.53. The number of likely N-dealkylation sites (N-methyl/N-ethyl adjacent to an activating group) is 1. The molecular weight excluding hydrogens is 379 g/mol. The molecule has 1 atom stereocenters. The average Bonchev–Trinajstić information content (AvgIpc) is 2.62. The highest BCUT2D eigenvalue weighted by atomic mass is 35.5. The van der Waals surface area contributed by atoms with Crippen molar-refractivity contribution in [3.8, 4) is 0 Å². The average molecular weight is 413 g/mol. The Morgan fingerprint density at radius 3 is 2.12 bits per heavy atom. The van der Waals surface area contributed by atoms with Crippen molar-refractivity contribution in [2.75, 3.05) is 59.5 Å². The lowest BCUT2D eigenvalue weighted by molar-refractivity contribution is -0.136. The Labute approximate surface area is 169 Å². The minimum atomic E-state index is -0.581. The van der Waals surface area contributed by atoms with Crippen molar-refractivity contribution >= 4 is 36.6 Å². The molecule has 0 spiro atoms. The second kappa shape index (κ2) is 12.7. The van der Waals surface area contributed by atoms with Gasteiger partial charge in [0.15, 0.2) is 0 Å². The van der Waals surface area contributed by atoms with Crippen LogP contribution in [0.25, 0.3) is 0 Å². The van der Waals surface area contributed by atoms with E-state index in [1.807, 2.05) is 9.80 Å². The molecule has 2 N–H and O–H groups in total. The van der Waals surface area contributed by atoms with Crippen LogP contribution in [0.3, 0.4) is 0 Å². The molecule has 26 heavy (non-hydrogen) atoms. The molecule has 9 heteroatoms. The molecule has 2 aliphatic rings. The zero-order chi connectivity index (χ0) is 17.5. The lowest BCUT2D eigenvalue weighted by Gasteiger charge is -2.36. The lowest BCUT2D eigenvalue weighted by atomic mass is 9.92.